The molecule has 24 heavy (non-hydrogen) atoms. The van der Waals surface area contributed by atoms with E-state index in [1.54, 1.807) is 0 Å². The molecule has 132 valence electrons. The van der Waals surface area contributed by atoms with Crippen molar-refractivity contribution in [1.82, 2.24) is 4.72 Å². The quantitative estimate of drug-likeness (QED) is 0.785. The molecule has 1 heterocycles. The largest absolute Gasteiger partial charge is 0.495 e. The molecule has 0 bridgehead atoms. The second-order valence-corrected chi connectivity index (χ2v) is 7.79. The first-order chi connectivity index (χ1) is 11.3. The van der Waals surface area contributed by atoms with E-state index in [0.29, 0.717) is 6.42 Å². The van der Waals surface area contributed by atoms with E-state index in [-0.39, 0.29) is 53.5 Å². The summed E-state index contributed by atoms with van der Waals surface area (Å²) in [6, 6.07) is 4.28. The van der Waals surface area contributed by atoms with E-state index in [1.165, 1.54) is 25.3 Å². The predicted molar refractivity (Wildman–Crippen MR) is 89.4 cm³/mol. The Morgan fingerprint density at radius 1 is 1.21 bits per heavy atom. The van der Waals surface area contributed by atoms with E-state index in [0.717, 1.165) is 4.90 Å². The number of methoxy groups -OCH3 is 1. The van der Waals surface area contributed by atoms with Crippen LogP contribution in [-0.2, 0) is 19.6 Å². The number of benzene rings is 1. The number of hydrogen-bond donors (Lipinski definition) is 1. The van der Waals surface area contributed by atoms with E-state index in [1.807, 2.05) is 13.8 Å². The molecule has 0 aromatic heterocycles. The topological polar surface area (TPSA) is 92.8 Å². The number of piperidine rings is 1. The molecular weight excluding hydrogens is 332 g/mol. The van der Waals surface area contributed by atoms with Gasteiger partial charge in [-0.15, -0.1) is 0 Å². The van der Waals surface area contributed by atoms with Gasteiger partial charge in [-0.25, -0.2) is 13.1 Å². The zero-order valence-electron chi connectivity index (χ0n) is 14.0. The van der Waals surface area contributed by atoms with Crippen LogP contribution in [0.2, 0.25) is 0 Å². The molecule has 8 heteroatoms. The Morgan fingerprint density at radius 3 is 2.38 bits per heavy atom. The van der Waals surface area contributed by atoms with Gasteiger partial charge in [-0.05, 0) is 30.5 Å². The first-order valence-electron chi connectivity index (χ1n) is 7.79. The summed E-state index contributed by atoms with van der Waals surface area (Å²) in [5, 5.41) is 0. The fraction of sp³-hybridized carbons (Fsp3) is 0.500. The van der Waals surface area contributed by atoms with Gasteiger partial charge in [0.2, 0.25) is 21.8 Å². The monoisotopic (exact) mass is 354 g/mol. The number of nitrogens with zero attached hydrogens (tertiary/aromatic N) is 1. The van der Waals surface area contributed by atoms with Gasteiger partial charge in [-0.2, -0.15) is 0 Å². The molecule has 0 atom stereocenters. The van der Waals surface area contributed by atoms with E-state index in [9.17, 15) is 18.0 Å². The van der Waals surface area contributed by atoms with E-state index in [2.05, 4.69) is 4.72 Å². The molecule has 2 rings (SSSR count). The molecule has 1 fully saturated rings. The number of carbonyl (C=O) groups is 2. The summed E-state index contributed by atoms with van der Waals surface area (Å²) in [7, 11) is -2.45. The third-order valence-electron chi connectivity index (χ3n) is 3.66. The van der Waals surface area contributed by atoms with Crippen LogP contribution in [0.15, 0.2) is 23.1 Å². The molecule has 7 nitrogen and oxygen atoms in total. The maximum atomic E-state index is 12.5. The predicted octanol–water partition coefficient (Wildman–Crippen LogP) is 1.67. The van der Waals surface area contributed by atoms with Crippen molar-refractivity contribution < 1.29 is 22.7 Å². The average Bonchev–Trinajstić information content (AvgIpc) is 2.53. The molecule has 1 saturated heterocycles. The van der Waals surface area contributed by atoms with Crippen LogP contribution < -0.4 is 14.4 Å². The maximum Gasteiger partial charge on any atom is 0.244 e. The van der Waals surface area contributed by atoms with E-state index < -0.39 is 10.0 Å². The summed E-state index contributed by atoms with van der Waals surface area (Å²) >= 11 is 0. The Kier molecular flexibility index (Phi) is 5.61. The van der Waals surface area contributed by atoms with Crippen LogP contribution >= 0.6 is 0 Å². The summed E-state index contributed by atoms with van der Waals surface area (Å²) in [5.74, 6) is -0.351. The lowest BCUT2D eigenvalue weighted by molar-refractivity contribution is -0.129. The van der Waals surface area contributed by atoms with Gasteiger partial charge in [-0.3, -0.25) is 14.5 Å². The van der Waals surface area contributed by atoms with Crippen LogP contribution in [0.5, 0.6) is 5.75 Å². The van der Waals surface area contributed by atoms with Gasteiger partial charge < -0.3 is 4.74 Å². The summed E-state index contributed by atoms with van der Waals surface area (Å²) in [5.41, 5.74) is 0.246. The molecule has 2 amide bonds. The maximum absolute atomic E-state index is 12.5. The molecule has 0 radical (unpaired) electrons. The zero-order chi connectivity index (χ0) is 17.9. The summed E-state index contributed by atoms with van der Waals surface area (Å²) in [6.07, 6.45) is 1.06. The molecule has 0 spiro atoms. The lowest BCUT2D eigenvalue weighted by Gasteiger charge is -2.25. The number of carbonyl (C=O) groups excluding carboxylic acids is 2. The van der Waals surface area contributed by atoms with Gasteiger partial charge >= 0.3 is 0 Å². The Balaban J connectivity index is 2.44. The first kappa shape index (κ1) is 18.4. The minimum atomic E-state index is -3.82. The van der Waals surface area contributed by atoms with Crippen molar-refractivity contribution in [1.29, 1.82) is 0 Å². The number of rotatable bonds is 6. The van der Waals surface area contributed by atoms with E-state index in [4.69, 9.17) is 4.74 Å². The molecule has 1 aliphatic rings. The summed E-state index contributed by atoms with van der Waals surface area (Å²) in [6.45, 7) is 4.06. The van der Waals surface area contributed by atoms with Crippen molar-refractivity contribution in [2.45, 2.75) is 38.0 Å². The highest BCUT2D eigenvalue weighted by Crippen LogP contribution is 2.31. The number of anilines is 1. The van der Waals surface area contributed by atoms with Crippen molar-refractivity contribution in [2.24, 2.45) is 5.92 Å². The molecule has 1 N–H and O–H groups in total. The highest BCUT2D eigenvalue weighted by atomic mass is 32.2. The van der Waals surface area contributed by atoms with Crippen molar-refractivity contribution in [3.05, 3.63) is 18.2 Å². The highest BCUT2D eigenvalue weighted by Gasteiger charge is 2.29. The van der Waals surface area contributed by atoms with Crippen molar-refractivity contribution in [2.75, 3.05) is 18.6 Å². The molecule has 0 aliphatic carbocycles. The van der Waals surface area contributed by atoms with Crippen LogP contribution in [0.1, 0.15) is 33.1 Å². The van der Waals surface area contributed by atoms with Crippen LogP contribution in [0.4, 0.5) is 5.69 Å². The Hall–Kier alpha value is -1.93. The third-order valence-corrected chi connectivity index (χ3v) is 5.10. The van der Waals surface area contributed by atoms with Gasteiger partial charge in [0.1, 0.15) is 10.6 Å². The Morgan fingerprint density at radius 2 is 1.83 bits per heavy atom. The van der Waals surface area contributed by atoms with Gasteiger partial charge in [0.15, 0.2) is 0 Å². The Bertz CT molecular complexity index is 727. The molecule has 1 aliphatic heterocycles. The van der Waals surface area contributed by atoms with Gasteiger partial charge in [0.05, 0.1) is 12.8 Å². The van der Waals surface area contributed by atoms with Gasteiger partial charge in [-0.1, -0.05) is 13.8 Å². The number of sulfonamides is 1. The number of amides is 2. The van der Waals surface area contributed by atoms with Gasteiger partial charge in [0, 0.05) is 19.4 Å². The normalized spacial score (nSPS) is 15.9. The van der Waals surface area contributed by atoms with E-state index >= 15 is 0 Å². The van der Waals surface area contributed by atoms with Crippen LogP contribution in [0, 0.1) is 5.92 Å². The number of imide groups is 1. The second-order valence-electron chi connectivity index (χ2n) is 6.06. The fourth-order valence-corrected chi connectivity index (χ4v) is 3.81. The molecule has 0 unspecified atom stereocenters. The molecule has 1 aromatic carbocycles. The number of nitrogens with one attached hydrogen (secondary N) is 1. The third kappa shape index (κ3) is 3.93. The lowest BCUT2D eigenvalue weighted by atomic mass is 10.1. The van der Waals surface area contributed by atoms with Crippen LogP contribution in [-0.4, -0.2) is 33.9 Å². The molecule has 1 aromatic rings. The van der Waals surface area contributed by atoms with Crippen molar-refractivity contribution in [3.63, 3.8) is 0 Å². The lowest BCUT2D eigenvalue weighted by Crippen LogP contribution is -2.40. The fourth-order valence-electron chi connectivity index (χ4n) is 2.41. The summed E-state index contributed by atoms with van der Waals surface area (Å²) < 4.78 is 32.7. The minimum Gasteiger partial charge on any atom is -0.495 e. The average molecular weight is 354 g/mol. The van der Waals surface area contributed by atoms with Gasteiger partial charge in [0.25, 0.3) is 0 Å². The SMILES string of the molecule is COc1ccc(N2C(=O)CCCC2=O)cc1S(=O)(=O)NCC(C)C. The smallest absolute Gasteiger partial charge is 0.244 e. The standard InChI is InChI=1S/C16H22N2O5S/c1-11(2)10-17-24(21,22)14-9-12(7-8-13(14)23-3)18-15(19)5-4-6-16(18)20/h7-9,11,17H,4-6,10H2,1-3H3. The van der Waals surface area contributed by atoms with Crippen LogP contribution in [0.25, 0.3) is 0 Å². The van der Waals surface area contributed by atoms with Crippen molar-refractivity contribution >= 4 is 27.5 Å². The number of hydrogen-bond acceptors (Lipinski definition) is 5. The zero-order valence-corrected chi connectivity index (χ0v) is 14.9. The van der Waals surface area contributed by atoms with Crippen LogP contribution in [0.3, 0.4) is 0 Å². The Labute approximate surface area is 142 Å². The number of ether oxygens (including phenoxy) is 1. The second kappa shape index (κ2) is 7.31. The highest BCUT2D eigenvalue weighted by molar-refractivity contribution is 7.89. The first-order valence-corrected chi connectivity index (χ1v) is 9.28. The molecular formula is C16H22N2O5S. The van der Waals surface area contributed by atoms with Crippen molar-refractivity contribution in [3.8, 4) is 5.75 Å². The molecule has 0 saturated carbocycles. The summed E-state index contributed by atoms with van der Waals surface area (Å²) in [4.78, 5) is 25.0. The minimum absolute atomic E-state index is 0.0886.